The van der Waals surface area contributed by atoms with Crippen LogP contribution in [0.1, 0.15) is 16.1 Å². The number of pyridine rings is 3. The van der Waals surface area contributed by atoms with E-state index >= 15 is 0 Å². The quantitative estimate of drug-likeness (QED) is 0.550. The smallest absolute Gasteiger partial charge is 0.307 e. The molecule has 0 aliphatic rings. The van der Waals surface area contributed by atoms with Crippen molar-refractivity contribution in [3.05, 3.63) is 84.7 Å². The number of amides is 1. The molecule has 0 aliphatic heterocycles. The van der Waals surface area contributed by atoms with E-state index in [-0.39, 0.29) is 17.2 Å². The second-order valence-corrected chi connectivity index (χ2v) is 6.16. The Bertz CT molecular complexity index is 1160. The van der Waals surface area contributed by atoms with Crippen LogP contribution in [0.25, 0.3) is 16.9 Å². The van der Waals surface area contributed by atoms with Crippen molar-refractivity contribution < 1.29 is 18.0 Å². The summed E-state index contributed by atoms with van der Waals surface area (Å²) in [6.45, 7) is 0. The van der Waals surface area contributed by atoms with Crippen molar-refractivity contribution in [2.45, 2.75) is 6.18 Å². The molecule has 0 unspecified atom stereocenters. The van der Waals surface area contributed by atoms with Gasteiger partial charge >= 0.3 is 6.18 Å². The molecule has 10 heteroatoms. The van der Waals surface area contributed by atoms with Crippen molar-refractivity contribution in [1.82, 2.24) is 24.7 Å². The number of nitrogens with zero attached hydrogens (tertiary/aromatic N) is 5. The highest BCUT2D eigenvalue weighted by atomic mass is 19.4. The van der Waals surface area contributed by atoms with Crippen molar-refractivity contribution in [2.75, 3.05) is 5.32 Å². The van der Waals surface area contributed by atoms with Gasteiger partial charge in [0, 0.05) is 30.4 Å². The van der Waals surface area contributed by atoms with Gasteiger partial charge in [-0.1, -0.05) is 0 Å². The number of carbonyl (C=O) groups is 1. The van der Waals surface area contributed by atoms with Gasteiger partial charge in [-0.05, 0) is 42.5 Å². The summed E-state index contributed by atoms with van der Waals surface area (Å²) in [6.07, 6.45) is 2.46. The van der Waals surface area contributed by atoms with Crippen LogP contribution in [0.5, 0.6) is 0 Å². The highest BCUT2D eigenvalue weighted by molar-refractivity contribution is 6.03. The Hall–Kier alpha value is -4.08. The third kappa shape index (κ3) is 4.02. The summed E-state index contributed by atoms with van der Waals surface area (Å²) in [7, 11) is 0. The molecule has 0 radical (unpaired) electrons. The van der Waals surface area contributed by atoms with Crippen LogP contribution in [0.4, 0.5) is 19.0 Å². The van der Waals surface area contributed by atoms with Gasteiger partial charge in [-0.25, -0.2) is 9.67 Å². The summed E-state index contributed by atoms with van der Waals surface area (Å²) >= 11 is 0. The van der Waals surface area contributed by atoms with Crippen LogP contribution in [-0.4, -0.2) is 30.6 Å². The lowest BCUT2D eigenvalue weighted by Gasteiger charge is -2.10. The van der Waals surface area contributed by atoms with Crippen LogP contribution in [0.15, 0.2) is 73.4 Å². The largest absolute Gasteiger partial charge is 0.433 e. The van der Waals surface area contributed by atoms with E-state index in [0.29, 0.717) is 11.1 Å². The number of hydrogen-bond acceptors (Lipinski definition) is 5. The fourth-order valence-corrected chi connectivity index (χ4v) is 2.71. The molecular weight excluding hydrogens is 397 g/mol. The number of halogens is 3. The normalized spacial score (nSPS) is 11.3. The van der Waals surface area contributed by atoms with E-state index in [2.05, 4.69) is 25.4 Å². The van der Waals surface area contributed by atoms with E-state index in [1.807, 2.05) is 0 Å². The summed E-state index contributed by atoms with van der Waals surface area (Å²) in [4.78, 5) is 24.0. The molecule has 0 aromatic carbocycles. The fraction of sp³-hybridized carbons (Fsp3) is 0.0500. The lowest BCUT2D eigenvalue weighted by atomic mass is 10.2. The molecule has 0 bridgehead atoms. The van der Waals surface area contributed by atoms with Crippen LogP contribution >= 0.6 is 0 Å². The standard InChI is InChI=1S/C20H13F3N6O/c21-20(22,23)17-9-16(13-3-1-7-24-10-13)28-29(17)15-5-6-18(26-12-15)27-19(30)14-4-2-8-25-11-14/h1-12H,(H,26,27,30). The first kappa shape index (κ1) is 19.2. The molecular formula is C20H13F3N6O. The van der Waals surface area contributed by atoms with Gasteiger partial charge in [0.1, 0.15) is 11.5 Å². The number of aromatic nitrogens is 5. The number of carbonyl (C=O) groups excluding carboxylic acids is 1. The average Bonchev–Trinajstić information content (AvgIpc) is 3.22. The molecule has 4 heterocycles. The molecule has 0 atom stereocenters. The lowest BCUT2D eigenvalue weighted by molar-refractivity contribution is -0.142. The van der Waals surface area contributed by atoms with Gasteiger partial charge in [-0.15, -0.1) is 0 Å². The Labute approximate surface area is 168 Å². The van der Waals surface area contributed by atoms with E-state index in [1.165, 1.54) is 43.1 Å². The van der Waals surface area contributed by atoms with E-state index in [1.54, 1.807) is 24.3 Å². The maximum Gasteiger partial charge on any atom is 0.433 e. The maximum absolute atomic E-state index is 13.5. The van der Waals surface area contributed by atoms with E-state index < -0.39 is 17.8 Å². The maximum atomic E-state index is 13.5. The molecule has 0 saturated heterocycles. The second kappa shape index (κ2) is 7.74. The summed E-state index contributed by atoms with van der Waals surface area (Å²) in [5, 5.41) is 6.64. The molecule has 30 heavy (non-hydrogen) atoms. The third-order valence-corrected chi connectivity index (χ3v) is 4.11. The molecule has 0 saturated carbocycles. The highest BCUT2D eigenvalue weighted by Gasteiger charge is 2.36. The molecule has 4 aromatic heterocycles. The van der Waals surface area contributed by atoms with Crippen LogP contribution in [-0.2, 0) is 6.18 Å². The number of nitrogens with one attached hydrogen (secondary N) is 1. The molecule has 150 valence electrons. The second-order valence-electron chi connectivity index (χ2n) is 6.16. The molecule has 4 aromatic rings. The number of rotatable bonds is 4. The zero-order valence-electron chi connectivity index (χ0n) is 15.2. The average molecular weight is 410 g/mol. The van der Waals surface area contributed by atoms with Gasteiger partial charge in [-0.2, -0.15) is 18.3 Å². The Balaban J connectivity index is 1.64. The molecule has 1 N–H and O–H groups in total. The number of alkyl halides is 3. The van der Waals surface area contributed by atoms with Gasteiger partial charge < -0.3 is 5.32 Å². The number of anilines is 1. The van der Waals surface area contributed by atoms with Crippen molar-refractivity contribution in [2.24, 2.45) is 0 Å². The Kier molecular flexibility index (Phi) is 4.97. The van der Waals surface area contributed by atoms with E-state index in [9.17, 15) is 18.0 Å². The minimum absolute atomic E-state index is 0.0943. The first-order chi connectivity index (χ1) is 14.4. The zero-order chi connectivity index (χ0) is 21.1. The molecule has 0 spiro atoms. The first-order valence-electron chi connectivity index (χ1n) is 8.67. The Morgan fingerprint density at radius 1 is 0.967 bits per heavy atom. The molecule has 7 nitrogen and oxygen atoms in total. The van der Waals surface area contributed by atoms with Gasteiger partial charge in [-0.3, -0.25) is 14.8 Å². The summed E-state index contributed by atoms with van der Waals surface area (Å²) in [6, 6.07) is 10.2. The lowest BCUT2D eigenvalue weighted by Crippen LogP contribution is -2.15. The minimum Gasteiger partial charge on any atom is -0.307 e. The third-order valence-electron chi connectivity index (χ3n) is 4.11. The number of hydrogen-bond donors (Lipinski definition) is 1. The van der Waals surface area contributed by atoms with Crippen LogP contribution in [0, 0.1) is 0 Å². The summed E-state index contributed by atoms with van der Waals surface area (Å²) < 4.78 is 41.4. The minimum atomic E-state index is -4.62. The van der Waals surface area contributed by atoms with Crippen molar-refractivity contribution in [3.63, 3.8) is 0 Å². The van der Waals surface area contributed by atoms with Gasteiger partial charge in [0.15, 0.2) is 0 Å². The van der Waals surface area contributed by atoms with Gasteiger partial charge in [0.25, 0.3) is 5.91 Å². The van der Waals surface area contributed by atoms with Crippen LogP contribution in [0.3, 0.4) is 0 Å². The van der Waals surface area contributed by atoms with Crippen LogP contribution < -0.4 is 5.32 Å². The fourth-order valence-electron chi connectivity index (χ4n) is 2.71. The summed E-state index contributed by atoms with van der Waals surface area (Å²) in [5.74, 6) is -0.252. The first-order valence-corrected chi connectivity index (χ1v) is 8.67. The molecule has 4 rings (SSSR count). The Morgan fingerprint density at radius 3 is 2.33 bits per heavy atom. The van der Waals surface area contributed by atoms with E-state index in [0.717, 1.165) is 10.7 Å². The monoisotopic (exact) mass is 410 g/mol. The van der Waals surface area contributed by atoms with E-state index in [4.69, 9.17) is 0 Å². The molecule has 0 aliphatic carbocycles. The Morgan fingerprint density at radius 2 is 1.73 bits per heavy atom. The molecule has 1 amide bonds. The van der Waals surface area contributed by atoms with Crippen molar-refractivity contribution >= 4 is 11.7 Å². The van der Waals surface area contributed by atoms with Crippen LogP contribution in [0.2, 0.25) is 0 Å². The van der Waals surface area contributed by atoms with Crippen molar-refractivity contribution in [1.29, 1.82) is 0 Å². The predicted molar refractivity (Wildman–Crippen MR) is 102 cm³/mol. The highest BCUT2D eigenvalue weighted by Crippen LogP contribution is 2.33. The van der Waals surface area contributed by atoms with Gasteiger partial charge in [0.05, 0.1) is 23.1 Å². The summed E-state index contributed by atoms with van der Waals surface area (Å²) in [5.41, 5.74) is 0.0579. The predicted octanol–water partition coefficient (Wildman–Crippen LogP) is 4.00. The van der Waals surface area contributed by atoms with Gasteiger partial charge in [0.2, 0.25) is 0 Å². The zero-order valence-corrected chi connectivity index (χ0v) is 15.2. The SMILES string of the molecule is O=C(Nc1ccc(-n2nc(-c3cccnc3)cc2C(F)(F)F)cn1)c1cccnc1. The molecule has 0 fully saturated rings. The topological polar surface area (TPSA) is 85.6 Å². The van der Waals surface area contributed by atoms with Crippen molar-refractivity contribution in [3.8, 4) is 16.9 Å².